The molecule has 1 saturated heterocycles. The van der Waals surface area contributed by atoms with E-state index in [9.17, 15) is 8.42 Å². The van der Waals surface area contributed by atoms with Gasteiger partial charge in [-0.1, -0.05) is 20.8 Å². The van der Waals surface area contributed by atoms with Gasteiger partial charge in [0.1, 0.15) is 0 Å². The Labute approximate surface area is 93.6 Å². The highest BCUT2D eigenvalue weighted by Gasteiger charge is 2.27. The summed E-state index contributed by atoms with van der Waals surface area (Å²) in [5.74, 6) is 1.11. The van der Waals surface area contributed by atoms with Gasteiger partial charge in [-0.2, -0.15) is 0 Å². The minimum Gasteiger partial charge on any atom is -0.316 e. The van der Waals surface area contributed by atoms with E-state index < -0.39 is 9.84 Å². The lowest BCUT2D eigenvalue weighted by Gasteiger charge is -2.18. The molecule has 0 bridgehead atoms. The SMILES string of the molecule is CC(C)(C)CCNCC1CCS(=O)(=O)C1. The quantitative estimate of drug-likeness (QED) is 0.748. The van der Waals surface area contributed by atoms with Crippen molar-refractivity contribution in [2.75, 3.05) is 24.6 Å². The zero-order valence-electron chi connectivity index (χ0n) is 10.0. The molecule has 1 unspecified atom stereocenters. The first kappa shape index (κ1) is 13.0. The molecule has 0 amide bonds. The first-order chi connectivity index (χ1) is 6.79. The van der Waals surface area contributed by atoms with Gasteiger partial charge < -0.3 is 5.32 Å². The number of nitrogens with one attached hydrogen (secondary N) is 1. The fourth-order valence-corrected chi connectivity index (χ4v) is 3.66. The van der Waals surface area contributed by atoms with Gasteiger partial charge >= 0.3 is 0 Å². The molecule has 0 spiro atoms. The molecule has 1 fully saturated rings. The topological polar surface area (TPSA) is 46.2 Å². The summed E-state index contributed by atoms with van der Waals surface area (Å²) in [7, 11) is -2.70. The summed E-state index contributed by atoms with van der Waals surface area (Å²) in [6.45, 7) is 8.49. The fraction of sp³-hybridized carbons (Fsp3) is 1.00. The van der Waals surface area contributed by atoms with Crippen molar-refractivity contribution in [2.24, 2.45) is 11.3 Å². The van der Waals surface area contributed by atoms with Crippen LogP contribution < -0.4 is 5.32 Å². The molecule has 1 rings (SSSR count). The fourth-order valence-electron chi connectivity index (χ4n) is 1.80. The van der Waals surface area contributed by atoms with Gasteiger partial charge in [0, 0.05) is 0 Å². The molecule has 0 saturated carbocycles. The van der Waals surface area contributed by atoms with E-state index in [0.717, 1.165) is 25.9 Å². The lowest BCUT2D eigenvalue weighted by molar-refractivity contribution is 0.360. The van der Waals surface area contributed by atoms with Crippen molar-refractivity contribution in [1.82, 2.24) is 5.32 Å². The first-order valence-corrected chi connectivity index (χ1v) is 7.52. The largest absolute Gasteiger partial charge is 0.316 e. The van der Waals surface area contributed by atoms with Gasteiger partial charge in [-0.05, 0) is 37.3 Å². The lowest BCUT2D eigenvalue weighted by Crippen LogP contribution is -2.27. The average Bonchev–Trinajstić information content (AvgIpc) is 2.38. The molecule has 0 aromatic heterocycles. The van der Waals surface area contributed by atoms with Gasteiger partial charge in [0.25, 0.3) is 0 Å². The van der Waals surface area contributed by atoms with E-state index in [0.29, 0.717) is 22.8 Å². The van der Waals surface area contributed by atoms with Crippen LogP contribution in [-0.2, 0) is 9.84 Å². The van der Waals surface area contributed by atoms with Crippen molar-refractivity contribution in [2.45, 2.75) is 33.6 Å². The third kappa shape index (κ3) is 5.52. The van der Waals surface area contributed by atoms with Crippen LogP contribution >= 0.6 is 0 Å². The summed E-state index contributed by atoms with van der Waals surface area (Å²) >= 11 is 0. The van der Waals surface area contributed by atoms with E-state index in [4.69, 9.17) is 0 Å². The molecule has 15 heavy (non-hydrogen) atoms. The Morgan fingerprint density at radius 3 is 2.47 bits per heavy atom. The van der Waals surface area contributed by atoms with E-state index in [1.54, 1.807) is 0 Å². The van der Waals surface area contributed by atoms with Crippen molar-refractivity contribution in [3.63, 3.8) is 0 Å². The summed E-state index contributed by atoms with van der Waals surface area (Å²) in [5, 5.41) is 3.36. The highest BCUT2D eigenvalue weighted by atomic mass is 32.2. The average molecular weight is 233 g/mol. The normalized spacial score (nSPS) is 25.7. The second-order valence-corrected chi connectivity index (χ2v) is 8.01. The van der Waals surface area contributed by atoms with Gasteiger partial charge in [0.15, 0.2) is 9.84 Å². The monoisotopic (exact) mass is 233 g/mol. The van der Waals surface area contributed by atoms with Crippen molar-refractivity contribution in [3.05, 3.63) is 0 Å². The minimum absolute atomic E-state index is 0.343. The zero-order valence-corrected chi connectivity index (χ0v) is 10.9. The van der Waals surface area contributed by atoms with Crippen molar-refractivity contribution in [1.29, 1.82) is 0 Å². The van der Waals surface area contributed by atoms with Crippen LogP contribution in [0.2, 0.25) is 0 Å². The van der Waals surface area contributed by atoms with Gasteiger partial charge in [0.05, 0.1) is 11.5 Å². The maximum atomic E-state index is 11.2. The summed E-state index contributed by atoms with van der Waals surface area (Å²) in [4.78, 5) is 0. The van der Waals surface area contributed by atoms with Gasteiger partial charge in [-0.3, -0.25) is 0 Å². The van der Waals surface area contributed by atoms with E-state index in [1.165, 1.54) is 0 Å². The maximum absolute atomic E-state index is 11.2. The minimum atomic E-state index is -2.70. The van der Waals surface area contributed by atoms with E-state index in [-0.39, 0.29) is 0 Å². The van der Waals surface area contributed by atoms with Crippen LogP contribution in [0.15, 0.2) is 0 Å². The molecule has 1 aliphatic heterocycles. The number of sulfone groups is 1. The lowest BCUT2D eigenvalue weighted by atomic mass is 9.92. The number of rotatable bonds is 4. The molecule has 0 aromatic carbocycles. The predicted octanol–water partition coefficient (Wildman–Crippen LogP) is 1.45. The third-order valence-corrected chi connectivity index (χ3v) is 4.65. The van der Waals surface area contributed by atoms with Crippen molar-refractivity contribution < 1.29 is 8.42 Å². The van der Waals surface area contributed by atoms with Crippen LogP contribution in [0.5, 0.6) is 0 Å². The molecule has 4 heteroatoms. The highest BCUT2D eigenvalue weighted by molar-refractivity contribution is 7.91. The Kier molecular flexibility index (Phi) is 4.18. The first-order valence-electron chi connectivity index (χ1n) is 5.70. The van der Waals surface area contributed by atoms with E-state index >= 15 is 0 Å². The van der Waals surface area contributed by atoms with E-state index in [2.05, 4.69) is 26.1 Å². The van der Waals surface area contributed by atoms with Crippen molar-refractivity contribution in [3.8, 4) is 0 Å². The Morgan fingerprint density at radius 1 is 1.33 bits per heavy atom. The summed E-state index contributed by atoms with van der Waals surface area (Å²) in [5.41, 5.74) is 0.356. The Morgan fingerprint density at radius 2 is 2.00 bits per heavy atom. The molecule has 0 aliphatic carbocycles. The molecule has 1 N–H and O–H groups in total. The smallest absolute Gasteiger partial charge is 0.150 e. The molecule has 1 aliphatic rings. The molecular weight excluding hydrogens is 210 g/mol. The van der Waals surface area contributed by atoms with Crippen LogP contribution in [0.25, 0.3) is 0 Å². The number of hydrogen-bond acceptors (Lipinski definition) is 3. The third-order valence-electron chi connectivity index (χ3n) is 2.81. The Bertz CT molecular complexity index is 290. The highest BCUT2D eigenvalue weighted by Crippen LogP contribution is 2.19. The van der Waals surface area contributed by atoms with Crippen LogP contribution in [-0.4, -0.2) is 33.0 Å². The number of hydrogen-bond donors (Lipinski definition) is 1. The zero-order chi connectivity index (χ0) is 11.5. The molecule has 0 radical (unpaired) electrons. The molecule has 1 atom stereocenters. The second-order valence-electron chi connectivity index (χ2n) is 5.78. The summed E-state index contributed by atoms with van der Waals surface area (Å²) in [6.07, 6.45) is 1.97. The molecular formula is C11H23NO2S. The predicted molar refractivity (Wildman–Crippen MR) is 63.7 cm³/mol. The molecule has 3 nitrogen and oxygen atoms in total. The van der Waals surface area contributed by atoms with Crippen LogP contribution in [0.1, 0.15) is 33.6 Å². The van der Waals surface area contributed by atoms with Gasteiger partial charge in [-0.25, -0.2) is 8.42 Å². The summed E-state index contributed by atoms with van der Waals surface area (Å²) in [6, 6.07) is 0. The Balaban J connectivity index is 2.12. The molecule has 0 aromatic rings. The molecule has 1 heterocycles. The van der Waals surface area contributed by atoms with Crippen LogP contribution in [0, 0.1) is 11.3 Å². The van der Waals surface area contributed by atoms with Gasteiger partial charge in [0.2, 0.25) is 0 Å². The van der Waals surface area contributed by atoms with Crippen LogP contribution in [0.4, 0.5) is 0 Å². The maximum Gasteiger partial charge on any atom is 0.150 e. The Hall–Kier alpha value is -0.0900. The van der Waals surface area contributed by atoms with Crippen LogP contribution in [0.3, 0.4) is 0 Å². The summed E-state index contributed by atoms with van der Waals surface area (Å²) < 4.78 is 22.4. The molecule has 90 valence electrons. The van der Waals surface area contributed by atoms with E-state index in [1.807, 2.05) is 0 Å². The van der Waals surface area contributed by atoms with Crippen molar-refractivity contribution >= 4 is 9.84 Å². The van der Waals surface area contributed by atoms with Gasteiger partial charge in [-0.15, -0.1) is 0 Å². The second kappa shape index (κ2) is 4.83. The standard InChI is InChI=1S/C11H23NO2S/c1-11(2,3)5-6-12-8-10-4-7-15(13,14)9-10/h10,12H,4-9H2,1-3H3.